The molecule has 0 radical (unpaired) electrons. The molecule has 5 nitrogen and oxygen atoms in total. The molecule has 1 heterocycles. The normalized spacial score (nSPS) is 13.0. The van der Waals surface area contributed by atoms with Crippen LogP contribution in [0.3, 0.4) is 0 Å². The number of imidazole rings is 1. The minimum Gasteiger partial charge on any atom is -0.356 e. The maximum atomic E-state index is 4.60. The Morgan fingerprint density at radius 1 is 1.12 bits per heavy atom. The summed E-state index contributed by atoms with van der Waals surface area (Å²) in [5.74, 6) is 2.23. The van der Waals surface area contributed by atoms with Crippen LogP contribution in [0.25, 0.3) is 11.0 Å². The van der Waals surface area contributed by atoms with E-state index in [1.807, 2.05) is 24.3 Å². The van der Waals surface area contributed by atoms with E-state index in [1.165, 1.54) is 11.1 Å². The molecule has 5 heteroatoms. The molecule has 0 aliphatic heterocycles. The molecule has 0 saturated carbocycles. The van der Waals surface area contributed by atoms with Gasteiger partial charge in [-0.1, -0.05) is 48.9 Å². The van der Waals surface area contributed by atoms with Gasteiger partial charge < -0.3 is 15.6 Å². The van der Waals surface area contributed by atoms with Crippen molar-refractivity contribution < 1.29 is 0 Å². The number of aliphatic imine (C=N–C) groups is 1. The third kappa shape index (κ3) is 4.63. The lowest BCUT2D eigenvalue weighted by Crippen LogP contribution is -2.40. The van der Waals surface area contributed by atoms with E-state index in [0.717, 1.165) is 42.3 Å². The largest absolute Gasteiger partial charge is 0.356 e. The SMILES string of the molecule is CN=C(NCCc1nc2ccccc2[nH]1)NCC(C)c1ccc(C)cc1. The number of para-hydroxylation sites is 2. The van der Waals surface area contributed by atoms with Crippen molar-refractivity contribution in [1.82, 2.24) is 20.6 Å². The Kier molecular flexibility index (Phi) is 5.89. The third-order valence-corrected chi connectivity index (χ3v) is 4.54. The second-order valence-corrected chi connectivity index (χ2v) is 6.64. The molecular weight excluding hydrogens is 322 g/mol. The van der Waals surface area contributed by atoms with E-state index < -0.39 is 0 Å². The zero-order valence-electron chi connectivity index (χ0n) is 15.7. The average molecular weight is 349 g/mol. The molecule has 136 valence electrons. The van der Waals surface area contributed by atoms with Gasteiger partial charge in [-0.05, 0) is 30.5 Å². The minimum absolute atomic E-state index is 0.421. The summed E-state index contributed by atoms with van der Waals surface area (Å²) in [6.45, 7) is 5.95. The Balaban J connectivity index is 1.46. The maximum absolute atomic E-state index is 4.60. The fraction of sp³-hybridized carbons (Fsp3) is 0.333. The average Bonchev–Trinajstić information content (AvgIpc) is 3.07. The van der Waals surface area contributed by atoms with Gasteiger partial charge in [-0.15, -0.1) is 0 Å². The van der Waals surface area contributed by atoms with Gasteiger partial charge in [0.1, 0.15) is 5.82 Å². The summed E-state index contributed by atoms with van der Waals surface area (Å²) in [5, 5.41) is 6.76. The van der Waals surface area contributed by atoms with Crippen molar-refractivity contribution in [3.63, 3.8) is 0 Å². The molecule has 1 atom stereocenters. The van der Waals surface area contributed by atoms with Gasteiger partial charge in [0, 0.05) is 26.6 Å². The van der Waals surface area contributed by atoms with E-state index in [4.69, 9.17) is 0 Å². The van der Waals surface area contributed by atoms with Crippen LogP contribution in [0.2, 0.25) is 0 Å². The van der Waals surface area contributed by atoms with E-state index in [-0.39, 0.29) is 0 Å². The number of hydrogen-bond acceptors (Lipinski definition) is 2. The number of nitrogens with one attached hydrogen (secondary N) is 3. The standard InChI is InChI=1S/C21H27N5/c1-15-8-10-17(11-9-15)16(2)14-24-21(22-3)23-13-12-20-25-18-6-4-5-7-19(18)26-20/h4-11,16H,12-14H2,1-3H3,(H,25,26)(H2,22,23,24). The first-order valence-corrected chi connectivity index (χ1v) is 9.10. The molecule has 3 aromatic rings. The lowest BCUT2D eigenvalue weighted by Gasteiger charge is -2.16. The molecule has 0 aliphatic rings. The highest BCUT2D eigenvalue weighted by Gasteiger charge is 2.07. The van der Waals surface area contributed by atoms with E-state index in [1.54, 1.807) is 7.05 Å². The van der Waals surface area contributed by atoms with E-state index in [2.05, 4.69) is 63.7 Å². The lowest BCUT2D eigenvalue weighted by molar-refractivity contribution is 0.695. The van der Waals surface area contributed by atoms with Gasteiger partial charge >= 0.3 is 0 Å². The van der Waals surface area contributed by atoms with Gasteiger partial charge in [-0.25, -0.2) is 4.98 Å². The van der Waals surface area contributed by atoms with Crippen LogP contribution in [-0.2, 0) is 6.42 Å². The van der Waals surface area contributed by atoms with Gasteiger partial charge in [-0.3, -0.25) is 4.99 Å². The molecule has 0 bridgehead atoms. The fourth-order valence-corrected chi connectivity index (χ4v) is 2.91. The summed E-state index contributed by atoms with van der Waals surface area (Å²) >= 11 is 0. The van der Waals surface area contributed by atoms with Crippen LogP contribution in [0, 0.1) is 6.92 Å². The highest BCUT2D eigenvalue weighted by molar-refractivity contribution is 5.79. The smallest absolute Gasteiger partial charge is 0.191 e. The van der Waals surface area contributed by atoms with E-state index in [0.29, 0.717) is 5.92 Å². The molecular formula is C21H27N5. The van der Waals surface area contributed by atoms with Crippen molar-refractivity contribution in [3.05, 3.63) is 65.5 Å². The Morgan fingerprint density at radius 3 is 2.62 bits per heavy atom. The van der Waals surface area contributed by atoms with Crippen LogP contribution in [-0.4, -0.2) is 36.1 Å². The minimum atomic E-state index is 0.421. The zero-order chi connectivity index (χ0) is 18.4. The van der Waals surface area contributed by atoms with Gasteiger partial charge in [-0.2, -0.15) is 0 Å². The molecule has 0 spiro atoms. The summed E-state index contributed by atoms with van der Waals surface area (Å²) in [6.07, 6.45) is 0.822. The Morgan fingerprint density at radius 2 is 1.88 bits per heavy atom. The molecule has 0 fully saturated rings. The molecule has 26 heavy (non-hydrogen) atoms. The van der Waals surface area contributed by atoms with E-state index >= 15 is 0 Å². The number of rotatable bonds is 6. The maximum Gasteiger partial charge on any atom is 0.191 e. The van der Waals surface area contributed by atoms with Crippen LogP contribution in [0.15, 0.2) is 53.5 Å². The summed E-state index contributed by atoms with van der Waals surface area (Å²) in [6, 6.07) is 16.8. The Labute approximate surface area is 155 Å². The first-order chi connectivity index (χ1) is 12.7. The second-order valence-electron chi connectivity index (χ2n) is 6.64. The zero-order valence-corrected chi connectivity index (χ0v) is 15.7. The summed E-state index contributed by atoms with van der Waals surface area (Å²) in [4.78, 5) is 12.3. The predicted molar refractivity (Wildman–Crippen MR) is 109 cm³/mol. The van der Waals surface area contributed by atoms with Crippen molar-refractivity contribution in [2.75, 3.05) is 20.1 Å². The van der Waals surface area contributed by atoms with Gasteiger partial charge in [0.25, 0.3) is 0 Å². The molecule has 0 amide bonds. The molecule has 1 aromatic heterocycles. The molecule has 1 unspecified atom stereocenters. The number of fused-ring (bicyclic) bond motifs is 1. The monoisotopic (exact) mass is 349 g/mol. The number of aromatic amines is 1. The van der Waals surface area contributed by atoms with Crippen molar-refractivity contribution in [2.45, 2.75) is 26.2 Å². The number of nitrogens with zero attached hydrogens (tertiary/aromatic N) is 2. The van der Waals surface area contributed by atoms with Gasteiger partial charge in [0.05, 0.1) is 11.0 Å². The van der Waals surface area contributed by atoms with Crippen molar-refractivity contribution in [2.24, 2.45) is 4.99 Å². The Bertz CT molecular complexity index is 830. The molecule has 0 saturated heterocycles. The first kappa shape index (κ1) is 18.0. The first-order valence-electron chi connectivity index (χ1n) is 9.10. The quantitative estimate of drug-likeness (QED) is 0.472. The molecule has 3 rings (SSSR count). The van der Waals surface area contributed by atoms with Gasteiger partial charge in [0.2, 0.25) is 0 Å². The number of aryl methyl sites for hydroxylation is 1. The van der Waals surface area contributed by atoms with Gasteiger partial charge in [0.15, 0.2) is 5.96 Å². The highest BCUT2D eigenvalue weighted by Crippen LogP contribution is 2.14. The number of benzene rings is 2. The summed E-state index contributed by atoms with van der Waals surface area (Å²) in [5.41, 5.74) is 4.71. The molecule has 2 aromatic carbocycles. The number of hydrogen-bond donors (Lipinski definition) is 3. The predicted octanol–water partition coefficient (Wildman–Crippen LogP) is 3.38. The molecule has 3 N–H and O–H groups in total. The third-order valence-electron chi connectivity index (χ3n) is 4.54. The van der Waals surface area contributed by atoms with Crippen LogP contribution in [0.5, 0.6) is 0 Å². The van der Waals surface area contributed by atoms with Crippen LogP contribution in [0.1, 0.15) is 29.8 Å². The number of H-pyrrole nitrogens is 1. The lowest BCUT2D eigenvalue weighted by atomic mass is 10.0. The highest BCUT2D eigenvalue weighted by atomic mass is 15.2. The number of guanidine groups is 1. The van der Waals surface area contributed by atoms with Crippen molar-refractivity contribution >= 4 is 17.0 Å². The Hall–Kier alpha value is -2.82. The van der Waals surface area contributed by atoms with Crippen molar-refractivity contribution in [1.29, 1.82) is 0 Å². The fourth-order valence-electron chi connectivity index (χ4n) is 2.91. The van der Waals surface area contributed by atoms with Crippen molar-refractivity contribution in [3.8, 4) is 0 Å². The van der Waals surface area contributed by atoms with Crippen LogP contribution < -0.4 is 10.6 Å². The summed E-state index contributed by atoms with van der Waals surface area (Å²) < 4.78 is 0. The molecule has 0 aliphatic carbocycles. The number of aromatic nitrogens is 2. The van der Waals surface area contributed by atoms with Crippen LogP contribution in [0.4, 0.5) is 0 Å². The summed E-state index contributed by atoms with van der Waals surface area (Å²) in [7, 11) is 1.80. The van der Waals surface area contributed by atoms with Crippen LogP contribution >= 0.6 is 0 Å². The van der Waals surface area contributed by atoms with E-state index in [9.17, 15) is 0 Å². The topological polar surface area (TPSA) is 65.1 Å². The second kappa shape index (κ2) is 8.52.